The first-order valence-corrected chi connectivity index (χ1v) is 9.66. The van der Waals surface area contributed by atoms with Crippen LogP contribution in [0.25, 0.3) is 10.8 Å². The quantitative estimate of drug-likeness (QED) is 0.397. The molecule has 1 heterocycles. The highest BCUT2D eigenvalue weighted by Crippen LogP contribution is 2.46. The molecular weight excluding hydrogens is 427 g/mol. The van der Waals surface area contributed by atoms with Gasteiger partial charge in [0, 0.05) is 17.2 Å². The van der Waals surface area contributed by atoms with Crippen LogP contribution in [0, 0.1) is 5.82 Å². The fourth-order valence-corrected chi connectivity index (χ4v) is 3.78. The van der Waals surface area contributed by atoms with Gasteiger partial charge < -0.3 is 14.3 Å². The summed E-state index contributed by atoms with van der Waals surface area (Å²) in [5, 5.41) is 0.452. The van der Waals surface area contributed by atoms with Gasteiger partial charge in [0.1, 0.15) is 23.6 Å². The molecule has 0 radical (unpaired) electrons. The number of carbonyl (C=O) groups excluding carboxylic acids is 3. The molecule has 3 aromatic rings. The van der Waals surface area contributed by atoms with Crippen LogP contribution in [0.4, 0.5) is 18.9 Å². The first kappa shape index (κ1) is 21.4. The van der Waals surface area contributed by atoms with E-state index in [0.29, 0.717) is 22.1 Å². The number of carbonyl (C=O) groups is 3. The fourth-order valence-electron chi connectivity index (χ4n) is 3.78. The van der Waals surface area contributed by atoms with Crippen molar-refractivity contribution in [1.82, 2.24) is 0 Å². The number of imide groups is 1. The van der Waals surface area contributed by atoms with Crippen molar-refractivity contribution in [2.24, 2.45) is 0 Å². The lowest BCUT2D eigenvalue weighted by molar-refractivity contribution is -0.107. The molecule has 0 aromatic heterocycles. The van der Waals surface area contributed by atoms with Crippen LogP contribution < -0.4 is 14.4 Å². The Bertz CT molecular complexity index is 1260. The lowest BCUT2D eigenvalue weighted by atomic mass is 9.99. The largest absolute Gasteiger partial charge is 0.492 e. The smallest absolute Gasteiger partial charge is 0.387 e. The lowest BCUT2D eigenvalue weighted by Gasteiger charge is -2.16. The number of ether oxygens (including phenoxy) is 2. The second-order valence-corrected chi connectivity index (χ2v) is 6.87. The van der Waals surface area contributed by atoms with Crippen molar-refractivity contribution in [2.75, 3.05) is 11.5 Å². The normalized spacial score (nSPS) is 13.1. The molecule has 0 fully saturated rings. The summed E-state index contributed by atoms with van der Waals surface area (Å²) in [5.74, 6) is -3.32. The van der Waals surface area contributed by atoms with Crippen LogP contribution in [0.5, 0.6) is 11.5 Å². The summed E-state index contributed by atoms with van der Waals surface area (Å²) in [7, 11) is 0. The van der Waals surface area contributed by atoms with Crippen molar-refractivity contribution in [3.05, 3.63) is 65.0 Å². The van der Waals surface area contributed by atoms with Crippen LogP contribution in [0.1, 0.15) is 33.2 Å². The molecule has 0 bridgehead atoms. The summed E-state index contributed by atoms with van der Waals surface area (Å²) in [5.41, 5.74) is -0.725. The molecule has 0 spiro atoms. The summed E-state index contributed by atoms with van der Waals surface area (Å²) in [6, 6.07) is 9.81. The minimum atomic E-state index is -3.27. The van der Waals surface area contributed by atoms with Gasteiger partial charge in [0.05, 0.1) is 23.4 Å². The molecule has 3 aromatic carbocycles. The Morgan fingerprint density at radius 3 is 2.19 bits per heavy atom. The average molecular weight is 443 g/mol. The van der Waals surface area contributed by atoms with Crippen molar-refractivity contribution in [3.63, 3.8) is 0 Å². The number of nitrogens with zero attached hydrogens (tertiary/aromatic N) is 1. The molecule has 0 N–H and O–H groups in total. The van der Waals surface area contributed by atoms with Crippen LogP contribution in [-0.2, 0) is 11.2 Å². The Morgan fingerprint density at radius 1 is 1.00 bits per heavy atom. The summed E-state index contributed by atoms with van der Waals surface area (Å²) < 4.78 is 51.6. The first-order chi connectivity index (χ1) is 15.4. The minimum Gasteiger partial charge on any atom is -0.492 e. The number of amides is 2. The van der Waals surface area contributed by atoms with Gasteiger partial charge in [-0.25, -0.2) is 9.29 Å². The zero-order chi connectivity index (χ0) is 23.0. The molecule has 4 rings (SSSR count). The number of anilines is 1. The standard InChI is InChI=1S/C23H16F3NO5/c1-2-31-19-13-5-3-4-6-14(13)20(32-23(25)26)18-17(19)21(29)27(22(18)30)16-8-7-12(9-10-28)11-15(16)24/h3-8,10-11,23H,2,9H2,1H3. The van der Waals surface area contributed by atoms with Crippen LogP contribution in [-0.4, -0.2) is 31.3 Å². The fraction of sp³-hybridized carbons (Fsp3) is 0.174. The summed E-state index contributed by atoms with van der Waals surface area (Å²) in [6.45, 7) is -1.48. The average Bonchev–Trinajstić information content (AvgIpc) is 3.01. The van der Waals surface area contributed by atoms with Gasteiger partial charge in [-0.15, -0.1) is 0 Å². The Morgan fingerprint density at radius 2 is 1.62 bits per heavy atom. The molecule has 0 unspecified atom stereocenters. The summed E-state index contributed by atoms with van der Waals surface area (Å²) in [6.07, 6.45) is 0.538. The van der Waals surface area contributed by atoms with Crippen LogP contribution in [0.3, 0.4) is 0 Å². The zero-order valence-electron chi connectivity index (χ0n) is 16.7. The van der Waals surface area contributed by atoms with Gasteiger partial charge in [-0.2, -0.15) is 8.78 Å². The lowest BCUT2D eigenvalue weighted by Crippen LogP contribution is -2.30. The molecule has 2 amide bonds. The molecule has 6 nitrogen and oxygen atoms in total. The Labute approximate surface area is 180 Å². The number of alkyl halides is 2. The highest BCUT2D eigenvalue weighted by molar-refractivity contribution is 6.38. The van der Waals surface area contributed by atoms with Gasteiger partial charge in [0.15, 0.2) is 0 Å². The van der Waals surface area contributed by atoms with Gasteiger partial charge >= 0.3 is 6.61 Å². The van der Waals surface area contributed by atoms with Crippen LogP contribution >= 0.6 is 0 Å². The van der Waals surface area contributed by atoms with E-state index in [-0.39, 0.29) is 35.4 Å². The number of fused-ring (bicyclic) bond motifs is 2. The highest BCUT2D eigenvalue weighted by atomic mass is 19.3. The van der Waals surface area contributed by atoms with Crippen molar-refractivity contribution >= 4 is 34.6 Å². The summed E-state index contributed by atoms with van der Waals surface area (Å²) >= 11 is 0. The number of hydrogen-bond donors (Lipinski definition) is 0. The Hall–Kier alpha value is -3.88. The van der Waals surface area contributed by atoms with Gasteiger partial charge in [-0.3, -0.25) is 9.59 Å². The number of rotatable bonds is 7. The molecule has 0 atom stereocenters. The predicted octanol–water partition coefficient (Wildman–Crippen LogP) is 4.52. The van der Waals surface area contributed by atoms with E-state index < -0.39 is 35.6 Å². The van der Waals surface area contributed by atoms with Gasteiger partial charge in [0.25, 0.3) is 11.8 Å². The second-order valence-electron chi connectivity index (χ2n) is 6.87. The van der Waals surface area contributed by atoms with Gasteiger partial charge in [-0.05, 0) is 24.6 Å². The molecule has 9 heteroatoms. The van der Waals surface area contributed by atoms with E-state index in [1.54, 1.807) is 25.1 Å². The Kier molecular flexibility index (Phi) is 5.56. The monoisotopic (exact) mass is 443 g/mol. The van der Waals surface area contributed by atoms with E-state index in [9.17, 15) is 27.6 Å². The molecule has 164 valence electrons. The maximum absolute atomic E-state index is 14.8. The number of halogens is 3. The van der Waals surface area contributed by atoms with Crippen molar-refractivity contribution in [2.45, 2.75) is 20.0 Å². The van der Waals surface area contributed by atoms with Crippen LogP contribution in [0.15, 0.2) is 42.5 Å². The minimum absolute atomic E-state index is 0.0264. The zero-order valence-corrected chi connectivity index (χ0v) is 16.7. The number of hydrogen-bond acceptors (Lipinski definition) is 5. The van der Waals surface area contributed by atoms with Gasteiger partial charge in [-0.1, -0.05) is 30.3 Å². The van der Waals surface area contributed by atoms with Crippen LogP contribution in [0.2, 0.25) is 0 Å². The van der Waals surface area contributed by atoms with E-state index in [1.807, 2.05) is 0 Å². The molecule has 1 aliphatic heterocycles. The first-order valence-electron chi connectivity index (χ1n) is 9.66. The van der Waals surface area contributed by atoms with E-state index >= 15 is 0 Å². The summed E-state index contributed by atoms with van der Waals surface area (Å²) in [4.78, 5) is 37.8. The van der Waals surface area contributed by atoms with E-state index in [4.69, 9.17) is 4.74 Å². The number of benzene rings is 3. The molecular formula is C23H16F3NO5. The Balaban J connectivity index is 1.98. The van der Waals surface area contributed by atoms with E-state index in [2.05, 4.69) is 4.74 Å². The number of aldehydes is 1. The maximum Gasteiger partial charge on any atom is 0.387 e. The van der Waals surface area contributed by atoms with Crippen molar-refractivity contribution in [1.29, 1.82) is 0 Å². The molecule has 0 saturated heterocycles. The van der Waals surface area contributed by atoms with Crippen molar-refractivity contribution in [3.8, 4) is 11.5 Å². The second kappa shape index (κ2) is 8.33. The van der Waals surface area contributed by atoms with E-state index in [1.165, 1.54) is 18.2 Å². The molecule has 32 heavy (non-hydrogen) atoms. The van der Waals surface area contributed by atoms with Gasteiger partial charge in [0.2, 0.25) is 0 Å². The third kappa shape index (κ3) is 3.35. The van der Waals surface area contributed by atoms with Crippen molar-refractivity contribution < 1.29 is 37.0 Å². The van der Waals surface area contributed by atoms with E-state index in [0.717, 1.165) is 6.07 Å². The predicted molar refractivity (Wildman–Crippen MR) is 109 cm³/mol. The maximum atomic E-state index is 14.8. The topological polar surface area (TPSA) is 72.9 Å². The molecule has 0 aliphatic carbocycles. The molecule has 0 saturated carbocycles. The molecule has 1 aliphatic rings. The third-order valence-corrected chi connectivity index (χ3v) is 5.02. The SMILES string of the molecule is CCOc1c2c(c(OC(F)F)c3ccccc13)C(=O)N(c1ccc(CC=O)cc1F)C2=O. The third-order valence-electron chi connectivity index (χ3n) is 5.02. The highest BCUT2D eigenvalue weighted by Gasteiger charge is 2.44.